The minimum Gasteiger partial charge on any atom is -0.345 e. The summed E-state index contributed by atoms with van der Waals surface area (Å²) in [5, 5.41) is 2.85. The lowest BCUT2D eigenvalue weighted by Gasteiger charge is -2.22. The Hall–Kier alpha value is -3.16. The molecule has 8 heteroatoms. The van der Waals surface area contributed by atoms with Gasteiger partial charge in [-0.25, -0.2) is 9.97 Å². The van der Waals surface area contributed by atoms with Crippen LogP contribution in [0.15, 0.2) is 61.3 Å². The topological polar surface area (TPSA) is 59.8 Å². The van der Waals surface area contributed by atoms with Gasteiger partial charge in [0.2, 0.25) is 0 Å². The monoisotopic (exact) mass is 402 g/mol. The standard InChI is InChI=1S/C21H21F3N4O/c1-14(2)10-18(15-4-3-5-17(11-15)21(22,23)24)27-20(29)16-6-7-19(26-12-16)28-9-8-25-13-28/h3-9,11-14,18H,10H2,1-2H3,(H,27,29). The molecule has 1 unspecified atom stereocenters. The average Bonchev–Trinajstić information content (AvgIpc) is 3.21. The van der Waals surface area contributed by atoms with Crippen LogP contribution in [-0.2, 0) is 6.18 Å². The largest absolute Gasteiger partial charge is 0.416 e. The number of hydrogen-bond acceptors (Lipinski definition) is 3. The second kappa shape index (κ2) is 8.46. The molecule has 0 aliphatic carbocycles. The number of pyridine rings is 1. The molecule has 29 heavy (non-hydrogen) atoms. The van der Waals surface area contributed by atoms with Crippen LogP contribution >= 0.6 is 0 Å². The number of benzene rings is 1. The first kappa shape index (κ1) is 20.6. The van der Waals surface area contributed by atoms with Crippen LogP contribution in [0.4, 0.5) is 13.2 Å². The highest BCUT2D eigenvalue weighted by molar-refractivity contribution is 5.94. The van der Waals surface area contributed by atoms with Gasteiger partial charge in [0, 0.05) is 18.6 Å². The van der Waals surface area contributed by atoms with Gasteiger partial charge in [-0.1, -0.05) is 26.0 Å². The van der Waals surface area contributed by atoms with Gasteiger partial charge < -0.3 is 5.32 Å². The highest BCUT2D eigenvalue weighted by Crippen LogP contribution is 2.32. The van der Waals surface area contributed by atoms with E-state index >= 15 is 0 Å². The molecule has 1 atom stereocenters. The van der Waals surface area contributed by atoms with E-state index in [0.29, 0.717) is 23.4 Å². The Labute approximate surface area is 166 Å². The van der Waals surface area contributed by atoms with Gasteiger partial charge in [0.25, 0.3) is 5.91 Å². The molecule has 1 amide bonds. The van der Waals surface area contributed by atoms with Crippen LogP contribution in [0.3, 0.4) is 0 Å². The Balaban J connectivity index is 1.80. The van der Waals surface area contributed by atoms with E-state index in [1.54, 1.807) is 41.5 Å². The predicted molar refractivity (Wildman–Crippen MR) is 102 cm³/mol. The maximum Gasteiger partial charge on any atom is 0.416 e. The fourth-order valence-corrected chi connectivity index (χ4v) is 2.99. The van der Waals surface area contributed by atoms with Crippen LogP contribution in [0.25, 0.3) is 5.82 Å². The Bertz CT molecular complexity index is 951. The molecule has 1 aromatic carbocycles. The lowest BCUT2D eigenvalue weighted by atomic mass is 9.95. The van der Waals surface area contributed by atoms with E-state index in [4.69, 9.17) is 0 Å². The van der Waals surface area contributed by atoms with Crippen LogP contribution in [0.1, 0.15) is 47.8 Å². The number of imidazole rings is 1. The number of rotatable bonds is 6. The van der Waals surface area contributed by atoms with E-state index in [9.17, 15) is 18.0 Å². The molecule has 2 aromatic heterocycles. The smallest absolute Gasteiger partial charge is 0.345 e. The van der Waals surface area contributed by atoms with Gasteiger partial charge in [-0.05, 0) is 42.2 Å². The Morgan fingerprint density at radius 1 is 1.21 bits per heavy atom. The second-order valence-corrected chi connectivity index (χ2v) is 7.15. The molecular weight excluding hydrogens is 381 g/mol. The summed E-state index contributed by atoms with van der Waals surface area (Å²) < 4.78 is 40.9. The van der Waals surface area contributed by atoms with Crippen molar-refractivity contribution in [3.05, 3.63) is 78.0 Å². The summed E-state index contributed by atoms with van der Waals surface area (Å²) in [4.78, 5) is 20.9. The summed E-state index contributed by atoms with van der Waals surface area (Å²) in [5.41, 5.74) is 0.0174. The molecule has 3 rings (SSSR count). The molecule has 0 aliphatic rings. The number of nitrogens with zero attached hydrogens (tertiary/aromatic N) is 3. The van der Waals surface area contributed by atoms with Crippen LogP contribution in [0, 0.1) is 5.92 Å². The zero-order valence-electron chi connectivity index (χ0n) is 16.0. The van der Waals surface area contributed by atoms with Crippen molar-refractivity contribution in [1.29, 1.82) is 0 Å². The van der Waals surface area contributed by atoms with Crippen LogP contribution in [0.5, 0.6) is 0 Å². The summed E-state index contributed by atoms with van der Waals surface area (Å²) in [6.07, 6.45) is 2.45. The van der Waals surface area contributed by atoms with Crippen LogP contribution in [-0.4, -0.2) is 20.4 Å². The van der Waals surface area contributed by atoms with Crippen molar-refractivity contribution in [2.75, 3.05) is 0 Å². The van der Waals surface area contributed by atoms with Gasteiger partial charge in [0.05, 0.1) is 17.2 Å². The molecular formula is C21H21F3N4O. The van der Waals surface area contributed by atoms with Gasteiger partial charge in [-0.15, -0.1) is 0 Å². The number of amides is 1. The van der Waals surface area contributed by atoms with Crippen molar-refractivity contribution in [1.82, 2.24) is 19.9 Å². The third kappa shape index (κ3) is 5.22. The average molecular weight is 402 g/mol. The summed E-state index contributed by atoms with van der Waals surface area (Å²) in [6.45, 7) is 3.91. The number of carbonyl (C=O) groups excluding carboxylic acids is 1. The molecule has 0 bridgehead atoms. The minimum atomic E-state index is -4.44. The van der Waals surface area contributed by atoms with E-state index in [1.807, 2.05) is 13.8 Å². The molecule has 0 saturated carbocycles. The van der Waals surface area contributed by atoms with Crippen molar-refractivity contribution < 1.29 is 18.0 Å². The molecule has 0 saturated heterocycles. The van der Waals surface area contributed by atoms with Gasteiger partial charge in [0.15, 0.2) is 0 Å². The van der Waals surface area contributed by atoms with E-state index < -0.39 is 23.7 Å². The quantitative estimate of drug-likeness (QED) is 0.644. The number of nitrogens with one attached hydrogen (secondary N) is 1. The van der Waals surface area contributed by atoms with Gasteiger partial charge in [0.1, 0.15) is 12.1 Å². The fourth-order valence-electron chi connectivity index (χ4n) is 2.99. The van der Waals surface area contributed by atoms with Gasteiger partial charge in [-0.2, -0.15) is 13.2 Å². The van der Waals surface area contributed by atoms with E-state index in [-0.39, 0.29) is 5.92 Å². The zero-order valence-corrected chi connectivity index (χ0v) is 16.0. The van der Waals surface area contributed by atoms with Crippen molar-refractivity contribution in [2.24, 2.45) is 5.92 Å². The lowest BCUT2D eigenvalue weighted by Crippen LogP contribution is -2.30. The maximum atomic E-state index is 13.1. The van der Waals surface area contributed by atoms with E-state index in [0.717, 1.165) is 12.1 Å². The predicted octanol–water partition coefficient (Wildman–Crippen LogP) is 4.80. The summed E-state index contributed by atoms with van der Waals surface area (Å²) in [6, 6.07) is 7.83. The van der Waals surface area contributed by atoms with Crippen molar-refractivity contribution in [2.45, 2.75) is 32.5 Å². The van der Waals surface area contributed by atoms with Gasteiger partial charge >= 0.3 is 6.18 Å². The zero-order chi connectivity index (χ0) is 21.0. The molecule has 0 spiro atoms. The van der Waals surface area contributed by atoms with E-state index in [1.165, 1.54) is 12.3 Å². The third-order valence-corrected chi connectivity index (χ3v) is 4.41. The Kier molecular flexibility index (Phi) is 6.00. The first-order valence-corrected chi connectivity index (χ1v) is 9.16. The number of carbonyl (C=O) groups is 1. The number of alkyl halides is 3. The van der Waals surface area contributed by atoms with Crippen molar-refractivity contribution in [3.8, 4) is 5.82 Å². The Morgan fingerprint density at radius 2 is 2.00 bits per heavy atom. The molecule has 3 aromatic rings. The first-order chi connectivity index (χ1) is 13.7. The number of aromatic nitrogens is 3. The summed E-state index contributed by atoms with van der Waals surface area (Å²) >= 11 is 0. The lowest BCUT2D eigenvalue weighted by molar-refractivity contribution is -0.137. The summed E-state index contributed by atoms with van der Waals surface area (Å²) in [5.74, 6) is 0.394. The minimum absolute atomic E-state index is 0.177. The second-order valence-electron chi connectivity index (χ2n) is 7.15. The fraction of sp³-hybridized carbons (Fsp3) is 0.286. The summed E-state index contributed by atoms with van der Waals surface area (Å²) in [7, 11) is 0. The molecule has 1 N–H and O–H groups in total. The molecule has 5 nitrogen and oxygen atoms in total. The Morgan fingerprint density at radius 3 is 2.59 bits per heavy atom. The first-order valence-electron chi connectivity index (χ1n) is 9.16. The molecule has 2 heterocycles. The normalized spacial score (nSPS) is 12.8. The highest BCUT2D eigenvalue weighted by atomic mass is 19.4. The van der Waals surface area contributed by atoms with Crippen LogP contribution in [0.2, 0.25) is 0 Å². The van der Waals surface area contributed by atoms with Crippen LogP contribution < -0.4 is 5.32 Å². The van der Waals surface area contributed by atoms with Gasteiger partial charge in [-0.3, -0.25) is 9.36 Å². The molecule has 0 radical (unpaired) electrons. The third-order valence-electron chi connectivity index (χ3n) is 4.41. The molecule has 152 valence electrons. The van der Waals surface area contributed by atoms with Crippen molar-refractivity contribution >= 4 is 5.91 Å². The number of halogens is 3. The molecule has 0 fully saturated rings. The molecule has 0 aliphatic heterocycles. The SMILES string of the molecule is CC(C)CC(NC(=O)c1ccc(-n2ccnc2)nc1)c1cccc(C(F)(F)F)c1. The van der Waals surface area contributed by atoms with Crippen molar-refractivity contribution in [3.63, 3.8) is 0 Å². The maximum absolute atomic E-state index is 13.1. The number of hydrogen-bond donors (Lipinski definition) is 1. The highest BCUT2D eigenvalue weighted by Gasteiger charge is 2.31. The van der Waals surface area contributed by atoms with E-state index in [2.05, 4.69) is 15.3 Å².